The number of benzene rings is 1. The standard InChI is InChI=1S/C17H22FNO4/c1-10-5-11(7-12(18)6-10)17(14(20)21)8-13(9-17)19-15(22)23-16(2,3)4/h5-7,13H,8-9H2,1-4H3,(H,19,22)(H,20,21). The van der Waals surface area contributed by atoms with Gasteiger partial charge in [0.05, 0.1) is 5.41 Å². The second-order valence-electron chi connectivity index (χ2n) is 7.16. The van der Waals surface area contributed by atoms with Crippen molar-refractivity contribution in [2.24, 2.45) is 0 Å². The van der Waals surface area contributed by atoms with E-state index in [-0.39, 0.29) is 18.9 Å². The molecule has 1 aliphatic carbocycles. The maximum absolute atomic E-state index is 13.6. The van der Waals surface area contributed by atoms with E-state index in [0.29, 0.717) is 11.1 Å². The number of ether oxygens (including phenoxy) is 1. The van der Waals surface area contributed by atoms with Gasteiger partial charge in [0.15, 0.2) is 0 Å². The second kappa shape index (κ2) is 5.83. The molecule has 1 aromatic carbocycles. The summed E-state index contributed by atoms with van der Waals surface area (Å²) in [4.78, 5) is 23.5. The van der Waals surface area contributed by atoms with E-state index in [2.05, 4.69) is 5.32 Å². The number of amides is 1. The van der Waals surface area contributed by atoms with Gasteiger partial charge in [-0.2, -0.15) is 0 Å². The molecular formula is C17H22FNO4. The molecule has 0 spiro atoms. The number of rotatable bonds is 3. The highest BCUT2D eigenvalue weighted by Gasteiger charge is 2.52. The van der Waals surface area contributed by atoms with Gasteiger partial charge >= 0.3 is 12.1 Å². The predicted molar refractivity (Wildman–Crippen MR) is 82.8 cm³/mol. The second-order valence-corrected chi connectivity index (χ2v) is 7.16. The number of carbonyl (C=O) groups is 2. The fourth-order valence-electron chi connectivity index (χ4n) is 2.90. The Balaban J connectivity index is 2.10. The van der Waals surface area contributed by atoms with Crippen molar-refractivity contribution in [3.05, 3.63) is 35.1 Å². The first-order valence-electron chi connectivity index (χ1n) is 7.52. The molecular weight excluding hydrogens is 301 g/mol. The van der Waals surface area contributed by atoms with E-state index < -0.39 is 28.9 Å². The SMILES string of the molecule is Cc1cc(F)cc(C2(C(=O)O)CC(NC(=O)OC(C)(C)C)C2)c1. The fraction of sp³-hybridized carbons (Fsp3) is 0.529. The minimum absolute atomic E-state index is 0.213. The summed E-state index contributed by atoms with van der Waals surface area (Å²) in [6, 6.07) is 3.99. The molecule has 2 N–H and O–H groups in total. The van der Waals surface area contributed by atoms with Crippen LogP contribution in [0.3, 0.4) is 0 Å². The highest BCUT2D eigenvalue weighted by atomic mass is 19.1. The molecule has 5 nitrogen and oxygen atoms in total. The van der Waals surface area contributed by atoms with Crippen LogP contribution in [0, 0.1) is 12.7 Å². The van der Waals surface area contributed by atoms with Crippen LogP contribution in [0.25, 0.3) is 0 Å². The molecule has 1 aliphatic rings. The summed E-state index contributed by atoms with van der Waals surface area (Å²) in [5.74, 6) is -1.46. The minimum atomic E-state index is -1.16. The lowest BCUT2D eigenvalue weighted by Crippen LogP contribution is -2.57. The molecule has 0 heterocycles. The highest BCUT2D eigenvalue weighted by Crippen LogP contribution is 2.44. The van der Waals surface area contributed by atoms with Crippen LogP contribution in [0.4, 0.5) is 9.18 Å². The fourth-order valence-corrected chi connectivity index (χ4v) is 2.90. The smallest absolute Gasteiger partial charge is 0.407 e. The maximum atomic E-state index is 13.6. The zero-order valence-corrected chi connectivity index (χ0v) is 13.8. The number of aryl methyl sites for hydroxylation is 1. The van der Waals surface area contributed by atoms with Crippen molar-refractivity contribution in [1.82, 2.24) is 5.32 Å². The summed E-state index contributed by atoms with van der Waals surface area (Å²) >= 11 is 0. The first-order chi connectivity index (χ1) is 10.5. The van der Waals surface area contributed by atoms with Crippen LogP contribution >= 0.6 is 0 Å². The molecule has 1 saturated carbocycles. The van der Waals surface area contributed by atoms with E-state index in [9.17, 15) is 19.1 Å². The number of carboxylic acids is 1. The molecule has 0 bridgehead atoms. The summed E-state index contributed by atoms with van der Waals surface area (Å²) < 4.78 is 18.8. The van der Waals surface area contributed by atoms with Gasteiger partial charge in [-0.3, -0.25) is 4.79 Å². The van der Waals surface area contributed by atoms with Gasteiger partial charge < -0.3 is 15.2 Å². The largest absolute Gasteiger partial charge is 0.481 e. The van der Waals surface area contributed by atoms with Crippen molar-refractivity contribution >= 4 is 12.1 Å². The van der Waals surface area contributed by atoms with E-state index in [1.807, 2.05) is 0 Å². The molecule has 0 atom stereocenters. The number of nitrogens with one attached hydrogen (secondary N) is 1. The van der Waals surface area contributed by atoms with Crippen molar-refractivity contribution in [3.63, 3.8) is 0 Å². The third kappa shape index (κ3) is 3.81. The van der Waals surface area contributed by atoms with Crippen molar-refractivity contribution in [1.29, 1.82) is 0 Å². The molecule has 2 rings (SSSR count). The van der Waals surface area contributed by atoms with Crippen LogP contribution in [0.2, 0.25) is 0 Å². The van der Waals surface area contributed by atoms with Gasteiger partial charge in [-0.15, -0.1) is 0 Å². The summed E-state index contributed by atoms with van der Waals surface area (Å²) in [6.45, 7) is 6.98. The van der Waals surface area contributed by atoms with Gasteiger partial charge in [0.1, 0.15) is 11.4 Å². The van der Waals surface area contributed by atoms with E-state index >= 15 is 0 Å². The topological polar surface area (TPSA) is 75.6 Å². The lowest BCUT2D eigenvalue weighted by molar-refractivity contribution is -0.148. The molecule has 1 fully saturated rings. The zero-order chi connectivity index (χ0) is 17.4. The molecule has 0 aromatic heterocycles. The van der Waals surface area contributed by atoms with Gasteiger partial charge in [0, 0.05) is 6.04 Å². The van der Waals surface area contributed by atoms with E-state index in [0.717, 1.165) is 0 Å². The Morgan fingerprint density at radius 2 is 1.91 bits per heavy atom. The van der Waals surface area contributed by atoms with Gasteiger partial charge in [-0.05, 0) is 63.8 Å². The Bertz CT molecular complexity index is 610. The highest BCUT2D eigenvalue weighted by molar-refractivity contribution is 5.83. The normalized spacial score (nSPS) is 23.8. The number of hydrogen-bond acceptors (Lipinski definition) is 3. The number of alkyl carbamates (subject to hydrolysis) is 1. The molecule has 1 aromatic rings. The predicted octanol–water partition coefficient (Wildman–Crippen LogP) is 3.14. The molecule has 1 amide bonds. The van der Waals surface area contributed by atoms with Crippen LogP contribution < -0.4 is 5.32 Å². The van der Waals surface area contributed by atoms with Crippen molar-refractivity contribution in [3.8, 4) is 0 Å². The van der Waals surface area contributed by atoms with E-state index in [1.54, 1.807) is 33.8 Å². The lowest BCUT2D eigenvalue weighted by atomic mass is 9.61. The average molecular weight is 323 g/mol. The Labute approximate surface area is 134 Å². The summed E-state index contributed by atoms with van der Waals surface area (Å²) in [7, 11) is 0. The number of carboxylic acid groups (broad SMARTS) is 1. The average Bonchev–Trinajstić information content (AvgIpc) is 2.28. The maximum Gasteiger partial charge on any atom is 0.407 e. The summed E-state index contributed by atoms with van der Waals surface area (Å²) in [5, 5.41) is 12.3. The number of carbonyl (C=O) groups excluding carboxylic acids is 1. The third-order valence-electron chi connectivity index (χ3n) is 3.91. The first-order valence-corrected chi connectivity index (χ1v) is 7.52. The molecule has 0 aliphatic heterocycles. The molecule has 126 valence electrons. The molecule has 0 unspecified atom stereocenters. The first kappa shape index (κ1) is 17.2. The quantitative estimate of drug-likeness (QED) is 0.896. The van der Waals surface area contributed by atoms with Crippen molar-refractivity contribution in [2.75, 3.05) is 0 Å². The molecule has 0 radical (unpaired) electrons. The van der Waals surface area contributed by atoms with Crippen molar-refractivity contribution < 1.29 is 23.8 Å². The zero-order valence-electron chi connectivity index (χ0n) is 13.8. The number of aliphatic carboxylic acids is 1. The van der Waals surface area contributed by atoms with Crippen LogP contribution in [0.15, 0.2) is 18.2 Å². The molecule has 23 heavy (non-hydrogen) atoms. The monoisotopic (exact) mass is 323 g/mol. The van der Waals surface area contributed by atoms with Crippen LogP contribution in [-0.2, 0) is 14.9 Å². The van der Waals surface area contributed by atoms with Crippen LogP contribution in [0.1, 0.15) is 44.7 Å². The number of halogens is 1. The van der Waals surface area contributed by atoms with Crippen molar-refractivity contribution in [2.45, 2.75) is 57.6 Å². The Hall–Kier alpha value is -2.11. The summed E-state index contributed by atoms with van der Waals surface area (Å²) in [6.07, 6.45) is -0.147. The molecule has 0 saturated heterocycles. The lowest BCUT2D eigenvalue weighted by Gasteiger charge is -2.45. The summed E-state index contributed by atoms with van der Waals surface area (Å²) in [5.41, 5.74) is -0.668. The number of hydrogen-bond donors (Lipinski definition) is 2. The minimum Gasteiger partial charge on any atom is -0.481 e. The van der Waals surface area contributed by atoms with Gasteiger partial charge in [0.25, 0.3) is 0 Å². The molecule has 6 heteroatoms. The van der Waals surface area contributed by atoms with Crippen LogP contribution in [-0.4, -0.2) is 28.8 Å². The van der Waals surface area contributed by atoms with Crippen LogP contribution in [0.5, 0.6) is 0 Å². The van der Waals surface area contributed by atoms with Gasteiger partial charge in [0.2, 0.25) is 0 Å². The Morgan fingerprint density at radius 1 is 1.30 bits per heavy atom. The van der Waals surface area contributed by atoms with E-state index in [4.69, 9.17) is 4.74 Å². The van der Waals surface area contributed by atoms with E-state index in [1.165, 1.54) is 12.1 Å². The third-order valence-corrected chi connectivity index (χ3v) is 3.91. The van der Waals surface area contributed by atoms with Gasteiger partial charge in [-0.1, -0.05) is 6.07 Å². The Kier molecular flexibility index (Phi) is 4.37. The Morgan fingerprint density at radius 3 is 2.39 bits per heavy atom. The van der Waals surface area contributed by atoms with Gasteiger partial charge in [-0.25, -0.2) is 9.18 Å².